The van der Waals surface area contributed by atoms with Crippen molar-refractivity contribution >= 4 is 11.6 Å². The molecule has 0 spiro atoms. The van der Waals surface area contributed by atoms with Crippen molar-refractivity contribution in [3.63, 3.8) is 0 Å². The summed E-state index contributed by atoms with van der Waals surface area (Å²) in [5.74, 6) is 0. The molecule has 122 valence electrons. The average Bonchev–Trinajstić information content (AvgIpc) is 2.57. The Morgan fingerprint density at radius 3 is 2.55 bits per heavy atom. The number of halogens is 1. The fraction of sp³-hybridized carbons (Fsp3) is 0.647. The van der Waals surface area contributed by atoms with Crippen molar-refractivity contribution in [1.82, 2.24) is 15.1 Å². The molecule has 3 rings (SSSR count). The fourth-order valence-electron chi connectivity index (χ4n) is 3.10. The second kappa shape index (κ2) is 8.27. The maximum absolute atomic E-state index is 6.49. The number of hydrogen-bond donors (Lipinski definition) is 1. The van der Waals surface area contributed by atoms with Crippen LogP contribution in [0.15, 0.2) is 18.2 Å². The minimum atomic E-state index is 0.834. The van der Waals surface area contributed by atoms with Crippen molar-refractivity contribution in [2.45, 2.75) is 13.0 Å². The first-order chi connectivity index (χ1) is 10.8. The van der Waals surface area contributed by atoms with Crippen molar-refractivity contribution in [3.05, 3.63) is 34.3 Å². The van der Waals surface area contributed by atoms with E-state index in [2.05, 4.69) is 33.3 Å². The van der Waals surface area contributed by atoms with E-state index in [1.807, 2.05) is 0 Å². The van der Waals surface area contributed by atoms with E-state index in [0.717, 1.165) is 77.0 Å². The second-order valence-electron chi connectivity index (χ2n) is 6.16. The van der Waals surface area contributed by atoms with E-state index >= 15 is 0 Å². The number of hydrogen-bond acceptors (Lipinski definition) is 4. The van der Waals surface area contributed by atoms with Crippen LogP contribution < -0.4 is 5.32 Å². The summed E-state index contributed by atoms with van der Waals surface area (Å²) in [6.45, 7) is 10.3. The number of nitrogens with one attached hydrogen (secondary N) is 1. The summed E-state index contributed by atoms with van der Waals surface area (Å²) < 4.78 is 5.39. The first kappa shape index (κ1) is 16.2. The Labute approximate surface area is 138 Å². The maximum atomic E-state index is 6.49. The van der Waals surface area contributed by atoms with Gasteiger partial charge in [-0.05, 0) is 23.6 Å². The molecule has 0 unspecified atom stereocenters. The van der Waals surface area contributed by atoms with Gasteiger partial charge in [-0.3, -0.25) is 4.90 Å². The highest BCUT2D eigenvalue weighted by Crippen LogP contribution is 2.20. The molecule has 0 amide bonds. The summed E-state index contributed by atoms with van der Waals surface area (Å²) in [7, 11) is 0. The van der Waals surface area contributed by atoms with Gasteiger partial charge in [-0.15, -0.1) is 0 Å². The molecule has 0 atom stereocenters. The van der Waals surface area contributed by atoms with Gasteiger partial charge in [-0.1, -0.05) is 23.7 Å². The fourth-order valence-corrected chi connectivity index (χ4v) is 3.36. The topological polar surface area (TPSA) is 27.7 Å². The van der Waals surface area contributed by atoms with Crippen LogP contribution in [0.25, 0.3) is 0 Å². The van der Waals surface area contributed by atoms with Crippen LogP contribution in [-0.4, -0.2) is 68.8 Å². The summed E-state index contributed by atoms with van der Waals surface area (Å²) >= 11 is 6.49. The Hall–Kier alpha value is -0.650. The Morgan fingerprint density at radius 2 is 1.82 bits per heavy atom. The molecular formula is C17H26ClN3O. The number of benzene rings is 1. The Kier molecular flexibility index (Phi) is 6.10. The van der Waals surface area contributed by atoms with E-state index in [1.54, 1.807) is 0 Å². The standard InChI is InChI=1S/C17H26ClN3O/c18-17-13-15(3-6-20-7-4-19-5-8-20)1-2-16(17)14-21-9-11-22-12-10-21/h1-2,13,19H,3-12,14H2. The highest BCUT2D eigenvalue weighted by atomic mass is 35.5. The first-order valence-electron chi connectivity index (χ1n) is 8.32. The maximum Gasteiger partial charge on any atom is 0.0594 e. The number of nitrogens with zero attached hydrogens (tertiary/aromatic N) is 2. The number of ether oxygens (including phenoxy) is 1. The molecule has 4 nitrogen and oxygen atoms in total. The van der Waals surface area contributed by atoms with Gasteiger partial charge in [0.25, 0.3) is 0 Å². The highest BCUT2D eigenvalue weighted by molar-refractivity contribution is 6.31. The summed E-state index contributed by atoms with van der Waals surface area (Å²) in [4.78, 5) is 4.93. The predicted molar refractivity (Wildman–Crippen MR) is 90.6 cm³/mol. The summed E-state index contributed by atoms with van der Waals surface area (Å²) in [5.41, 5.74) is 2.57. The molecule has 1 N–H and O–H groups in total. The summed E-state index contributed by atoms with van der Waals surface area (Å²) in [6, 6.07) is 6.59. The molecule has 0 saturated carbocycles. The Balaban J connectivity index is 1.52. The third-order valence-electron chi connectivity index (χ3n) is 4.54. The van der Waals surface area contributed by atoms with Gasteiger partial charge >= 0.3 is 0 Å². The smallest absolute Gasteiger partial charge is 0.0594 e. The molecule has 22 heavy (non-hydrogen) atoms. The molecule has 0 bridgehead atoms. The van der Waals surface area contributed by atoms with Crippen molar-refractivity contribution in [1.29, 1.82) is 0 Å². The van der Waals surface area contributed by atoms with E-state index in [-0.39, 0.29) is 0 Å². The zero-order valence-corrected chi connectivity index (χ0v) is 13.9. The van der Waals surface area contributed by atoms with Gasteiger partial charge in [0.1, 0.15) is 0 Å². The number of rotatable bonds is 5. The number of morpholine rings is 1. The second-order valence-corrected chi connectivity index (χ2v) is 6.56. The van der Waals surface area contributed by atoms with Crippen LogP contribution in [0.5, 0.6) is 0 Å². The third kappa shape index (κ3) is 4.67. The van der Waals surface area contributed by atoms with E-state index < -0.39 is 0 Å². The van der Waals surface area contributed by atoms with Crippen LogP contribution in [-0.2, 0) is 17.7 Å². The summed E-state index contributed by atoms with van der Waals surface area (Å²) in [6.07, 6.45) is 1.08. The van der Waals surface area contributed by atoms with Gasteiger partial charge in [-0.2, -0.15) is 0 Å². The van der Waals surface area contributed by atoms with Gasteiger partial charge in [0.05, 0.1) is 13.2 Å². The first-order valence-corrected chi connectivity index (χ1v) is 8.69. The minimum Gasteiger partial charge on any atom is -0.379 e. The lowest BCUT2D eigenvalue weighted by molar-refractivity contribution is 0.0342. The van der Waals surface area contributed by atoms with Crippen LogP contribution in [0, 0.1) is 0 Å². The molecule has 2 heterocycles. The lowest BCUT2D eigenvalue weighted by Crippen LogP contribution is -2.44. The Morgan fingerprint density at radius 1 is 1.05 bits per heavy atom. The molecule has 2 aliphatic heterocycles. The quantitative estimate of drug-likeness (QED) is 0.891. The van der Waals surface area contributed by atoms with Crippen LogP contribution in [0.2, 0.25) is 5.02 Å². The van der Waals surface area contributed by atoms with Crippen LogP contribution >= 0.6 is 11.6 Å². The van der Waals surface area contributed by atoms with Gasteiger partial charge in [0, 0.05) is 57.4 Å². The molecular weight excluding hydrogens is 298 g/mol. The van der Waals surface area contributed by atoms with Gasteiger partial charge in [0.15, 0.2) is 0 Å². The van der Waals surface area contributed by atoms with Crippen molar-refractivity contribution in [2.75, 3.05) is 59.0 Å². The van der Waals surface area contributed by atoms with Gasteiger partial charge in [-0.25, -0.2) is 0 Å². The largest absolute Gasteiger partial charge is 0.379 e. The molecule has 2 fully saturated rings. The molecule has 0 aromatic heterocycles. The third-order valence-corrected chi connectivity index (χ3v) is 4.89. The van der Waals surface area contributed by atoms with E-state index in [4.69, 9.17) is 16.3 Å². The predicted octanol–water partition coefficient (Wildman–Crippen LogP) is 1.62. The average molecular weight is 324 g/mol. The Bertz CT molecular complexity index is 471. The summed E-state index contributed by atoms with van der Waals surface area (Å²) in [5, 5.41) is 4.30. The van der Waals surface area contributed by atoms with Crippen molar-refractivity contribution < 1.29 is 4.74 Å². The zero-order chi connectivity index (χ0) is 15.2. The van der Waals surface area contributed by atoms with Gasteiger partial charge < -0.3 is 15.0 Å². The monoisotopic (exact) mass is 323 g/mol. The number of piperazine rings is 1. The lowest BCUT2D eigenvalue weighted by Gasteiger charge is -2.27. The molecule has 2 aliphatic rings. The lowest BCUT2D eigenvalue weighted by atomic mass is 10.1. The normalized spacial score (nSPS) is 21.1. The van der Waals surface area contributed by atoms with E-state index in [1.165, 1.54) is 11.1 Å². The molecule has 0 radical (unpaired) electrons. The van der Waals surface area contributed by atoms with Crippen LogP contribution in [0.3, 0.4) is 0 Å². The molecule has 1 aromatic rings. The van der Waals surface area contributed by atoms with E-state index in [0.29, 0.717) is 0 Å². The molecule has 2 saturated heterocycles. The van der Waals surface area contributed by atoms with Gasteiger partial charge in [0.2, 0.25) is 0 Å². The molecule has 1 aromatic carbocycles. The van der Waals surface area contributed by atoms with Crippen LogP contribution in [0.4, 0.5) is 0 Å². The highest BCUT2D eigenvalue weighted by Gasteiger charge is 2.13. The van der Waals surface area contributed by atoms with Crippen molar-refractivity contribution in [3.8, 4) is 0 Å². The zero-order valence-electron chi connectivity index (χ0n) is 13.2. The SMILES string of the molecule is Clc1cc(CCN2CCNCC2)ccc1CN1CCOCC1. The van der Waals surface area contributed by atoms with E-state index in [9.17, 15) is 0 Å². The molecule has 5 heteroatoms. The van der Waals surface area contributed by atoms with Crippen molar-refractivity contribution in [2.24, 2.45) is 0 Å². The molecule has 0 aliphatic carbocycles. The minimum absolute atomic E-state index is 0.834. The van der Waals surface area contributed by atoms with Crippen LogP contribution in [0.1, 0.15) is 11.1 Å².